The van der Waals surface area contributed by atoms with E-state index in [2.05, 4.69) is 22.8 Å². The molecule has 1 saturated heterocycles. The first-order valence-electron chi connectivity index (χ1n) is 8.18. The highest BCUT2D eigenvalue weighted by Gasteiger charge is 2.38. The van der Waals surface area contributed by atoms with Gasteiger partial charge in [0.1, 0.15) is 11.5 Å². The van der Waals surface area contributed by atoms with Gasteiger partial charge in [-0.05, 0) is 48.9 Å². The fourth-order valence-electron chi connectivity index (χ4n) is 3.69. The van der Waals surface area contributed by atoms with Crippen molar-refractivity contribution in [1.82, 2.24) is 10.6 Å². The van der Waals surface area contributed by atoms with Crippen molar-refractivity contribution in [1.29, 1.82) is 0 Å². The molecule has 1 heterocycles. The number of hydrogen-bond donors (Lipinski definition) is 2. The van der Waals surface area contributed by atoms with Crippen molar-refractivity contribution < 1.29 is 9.53 Å². The van der Waals surface area contributed by atoms with Gasteiger partial charge >= 0.3 is 6.03 Å². The number of hydrogen-bond acceptors (Lipinski definition) is 2. The summed E-state index contributed by atoms with van der Waals surface area (Å²) in [6.45, 7) is 0. The SMILES string of the molecule is O=C1NC2CCC(c3ccccc3Oc3ccccc3)CC2N1. The Morgan fingerprint density at radius 3 is 2.48 bits per heavy atom. The van der Waals surface area contributed by atoms with E-state index in [1.165, 1.54) is 5.56 Å². The average Bonchev–Trinajstić information content (AvgIpc) is 2.95. The normalized spacial score (nSPS) is 26.1. The van der Waals surface area contributed by atoms with Crippen LogP contribution in [0, 0.1) is 0 Å². The lowest BCUT2D eigenvalue weighted by Crippen LogP contribution is -2.38. The van der Waals surface area contributed by atoms with Crippen molar-refractivity contribution >= 4 is 6.03 Å². The molecule has 118 valence electrons. The highest BCUT2D eigenvalue weighted by atomic mass is 16.5. The lowest BCUT2D eigenvalue weighted by Gasteiger charge is -2.31. The molecule has 0 radical (unpaired) electrons. The maximum absolute atomic E-state index is 11.5. The smallest absolute Gasteiger partial charge is 0.315 e. The van der Waals surface area contributed by atoms with Gasteiger partial charge in [-0.25, -0.2) is 4.79 Å². The molecule has 2 aliphatic rings. The van der Waals surface area contributed by atoms with Gasteiger partial charge in [-0.1, -0.05) is 36.4 Å². The molecule has 1 saturated carbocycles. The fourth-order valence-corrected chi connectivity index (χ4v) is 3.69. The Morgan fingerprint density at radius 2 is 1.61 bits per heavy atom. The van der Waals surface area contributed by atoms with Crippen LogP contribution in [0.5, 0.6) is 11.5 Å². The van der Waals surface area contributed by atoms with Crippen molar-refractivity contribution in [2.45, 2.75) is 37.3 Å². The van der Waals surface area contributed by atoms with Crippen molar-refractivity contribution in [2.75, 3.05) is 0 Å². The van der Waals surface area contributed by atoms with Gasteiger partial charge in [-0.2, -0.15) is 0 Å². The molecule has 4 nitrogen and oxygen atoms in total. The molecule has 2 aromatic carbocycles. The maximum Gasteiger partial charge on any atom is 0.315 e. The van der Waals surface area contributed by atoms with Gasteiger partial charge in [0.15, 0.2) is 0 Å². The molecule has 4 heteroatoms. The van der Waals surface area contributed by atoms with E-state index in [-0.39, 0.29) is 18.1 Å². The third kappa shape index (κ3) is 2.89. The Morgan fingerprint density at radius 1 is 0.870 bits per heavy atom. The molecule has 3 atom stereocenters. The zero-order valence-electron chi connectivity index (χ0n) is 12.9. The number of para-hydroxylation sites is 2. The zero-order valence-corrected chi connectivity index (χ0v) is 12.9. The second kappa shape index (κ2) is 5.95. The van der Waals surface area contributed by atoms with Gasteiger partial charge in [-0.3, -0.25) is 0 Å². The first-order chi connectivity index (χ1) is 11.3. The second-order valence-corrected chi connectivity index (χ2v) is 6.29. The molecule has 0 spiro atoms. The number of rotatable bonds is 3. The van der Waals surface area contributed by atoms with E-state index in [1.54, 1.807) is 0 Å². The molecule has 2 fully saturated rings. The van der Waals surface area contributed by atoms with E-state index in [0.717, 1.165) is 30.8 Å². The number of carbonyl (C=O) groups excluding carboxylic acids is 1. The van der Waals surface area contributed by atoms with Crippen molar-refractivity contribution in [2.24, 2.45) is 0 Å². The summed E-state index contributed by atoms with van der Waals surface area (Å²) in [5, 5.41) is 6.03. The number of carbonyl (C=O) groups is 1. The van der Waals surface area contributed by atoms with Crippen LogP contribution in [0.3, 0.4) is 0 Å². The molecule has 3 unspecified atom stereocenters. The molecule has 1 aliphatic carbocycles. The molecule has 0 bridgehead atoms. The number of fused-ring (bicyclic) bond motifs is 1. The summed E-state index contributed by atoms with van der Waals surface area (Å²) in [5.74, 6) is 2.18. The van der Waals surface area contributed by atoms with E-state index in [4.69, 9.17) is 4.74 Å². The Balaban J connectivity index is 1.56. The Labute approximate surface area is 135 Å². The Hall–Kier alpha value is -2.49. The van der Waals surface area contributed by atoms with Crippen LogP contribution in [0.2, 0.25) is 0 Å². The molecule has 23 heavy (non-hydrogen) atoms. The molecule has 2 amide bonds. The van der Waals surface area contributed by atoms with Crippen LogP contribution >= 0.6 is 0 Å². The molecular weight excluding hydrogens is 288 g/mol. The fraction of sp³-hybridized carbons (Fsp3) is 0.316. The minimum absolute atomic E-state index is 0.0329. The largest absolute Gasteiger partial charge is 0.457 e. The first-order valence-corrected chi connectivity index (χ1v) is 8.18. The first kappa shape index (κ1) is 14.1. The molecular formula is C19H20N2O2. The number of amides is 2. The maximum atomic E-state index is 11.5. The third-order valence-corrected chi connectivity index (χ3v) is 4.81. The molecule has 2 aromatic rings. The van der Waals surface area contributed by atoms with E-state index < -0.39 is 0 Å². The van der Waals surface area contributed by atoms with Crippen LogP contribution in [0.25, 0.3) is 0 Å². The predicted octanol–water partition coefficient (Wildman–Crippen LogP) is 3.80. The van der Waals surface area contributed by atoms with Gasteiger partial charge in [0, 0.05) is 0 Å². The summed E-state index contributed by atoms with van der Waals surface area (Å²) in [7, 11) is 0. The lowest BCUT2D eigenvalue weighted by atomic mass is 9.79. The van der Waals surface area contributed by atoms with E-state index in [9.17, 15) is 4.79 Å². The van der Waals surface area contributed by atoms with Crippen LogP contribution in [0.4, 0.5) is 4.79 Å². The predicted molar refractivity (Wildman–Crippen MR) is 88.8 cm³/mol. The molecule has 4 rings (SSSR count). The monoisotopic (exact) mass is 308 g/mol. The summed E-state index contributed by atoms with van der Waals surface area (Å²) in [5.41, 5.74) is 1.23. The number of ether oxygens (including phenoxy) is 1. The van der Waals surface area contributed by atoms with Gasteiger partial charge in [0.25, 0.3) is 0 Å². The topological polar surface area (TPSA) is 50.4 Å². The standard InChI is InChI=1S/C19H20N2O2/c22-19-20-16-11-10-13(12-17(16)21-19)15-8-4-5-9-18(15)23-14-6-2-1-3-7-14/h1-9,13,16-17H,10-12H2,(H2,20,21,22). The van der Waals surface area contributed by atoms with Crippen LogP contribution in [0.15, 0.2) is 54.6 Å². The summed E-state index contributed by atoms with van der Waals surface area (Å²) < 4.78 is 6.09. The van der Waals surface area contributed by atoms with Crippen LogP contribution < -0.4 is 15.4 Å². The zero-order chi connectivity index (χ0) is 15.6. The number of urea groups is 1. The summed E-state index contributed by atoms with van der Waals surface area (Å²) in [6, 6.07) is 18.6. The average molecular weight is 308 g/mol. The van der Waals surface area contributed by atoms with Crippen molar-refractivity contribution in [3.05, 3.63) is 60.2 Å². The third-order valence-electron chi connectivity index (χ3n) is 4.81. The van der Waals surface area contributed by atoms with Gasteiger partial charge in [0.05, 0.1) is 12.1 Å². The lowest BCUT2D eigenvalue weighted by molar-refractivity contribution is 0.247. The highest BCUT2D eigenvalue weighted by molar-refractivity contribution is 5.77. The van der Waals surface area contributed by atoms with Crippen molar-refractivity contribution in [3.8, 4) is 11.5 Å². The van der Waals surface area contributed by atoms with E-state index in [1.807, 2.05) is 42.5 Å². The molecule has 0 aromatic heterocycles. The quantitative estimate of drug-likeness (QED) is 0.906. The van der Waals surface area contributed by atoms with E-state index in [0.29, 0.717) is 5.92 Å². The number of nitrogens with one attached hydrogen (secondary N) is 2. The minimum Gasteiger partial charge on any atom is -0.457 e. The molecule has 1 aliphatic heterocycles. The van der Waals surface area contributed by atoms with Crippen LogP contribution in [0.1, 0.15) is 30.7 Å². The Kier molecular flexibility index (Phi) is 3.66. The summed E-state index contributed by atoms with van der Waals surface area (Å²) in [4.78, 5) is 11.5. The van der Waals surface area contributed by atoms with Gasteiger partial charge in [-0.15, -0.1) is 0 Å². The highest BCUT2D eigenvalue weighted by Crippen LogP contribution is 2.39. The van der Waals surface area contributed by atoms with Crippen molar-refractivity contribution in [3.63, 3.8) is 0 Å². The molecule has 2 N–H and O–H groups in total. The van der Waals surface area contributed by atoms with Gasteiger partial charge < -0.3 is 15.4 Å². The number of benzene rings is 2. The van der Waals surface area contributed by atoms with E-state index >= 15 is 0 Å². The summed E-state index contributed by atoms with van der Waals surface area (Å²) in [6.07, 6.45) is 3.03. The minimum atomic E-state index is -0.0329. The summed E-state index contributed by atoms with van der Waals surface area (Å²) >= 11 is 0. The van der Waals surface area contributed by atoms with Crippen LogP contribution in [-0.4, -0.2) is 18.1 Å². The Bertz CT molecular complexity index is 702. The second-order valence-electron chi connectivity index (χ2n) is 6.29. The van der Waals surface area contributed by atoms with Gasteiger partial charge in [0.2, 0.25) is 0 Å². The van der Waals surface area contributed by atoms with Crippen LogP contribution in [-0.2, 0) is 0 Å².